The van der Waals surface area contributed by atoms with Crippen LogP contribution in [0.15, 0.2) is 65.8 Å². The molecule has 4 aromatic heterocycles. The van der Waals surface area contributed by atoms with Crippen LogP contribution in [-0.4, -0.2) is 56.3 Å². The highest BCUT2D eigenvalue weighted by Crippen LogP contribution is 2.28. The second kappa shape index (κ2) is 9.37. The molecule has 1 N–H and O–H groups in total. The molecule has 1 saturated heterocycles. The van der Waals surface area contributed by atoms with Crippen molar-refractivity contribution in [2.45, 2.75) is 25.9 Å². The van der Waals surface area contributed by atoms with Gasteiger partial charge in [0, 0.05) is 61.4 Å². The van der Waals surface area contributed by atoms with E-state index in [1.807, 2.05) is 53.5 Å². The van der Waals surface area contributed by atoms with E-state index in [9.17, 15) is 4.79 Å². The lowest BCUT2D eigenvalue weighted by Crippen LogP contribution is -2.28. The SMILES string of the molecule is CN(C)Cc1c[nH]c2ncc(-c3cnc4c(c3)n(CC3CCOCC3)c(=O)n4-c3ccccc3)cc12. The number of nitrogens with one attached hydrogen (secondary N) is 1. The first-order valence-electron chi connectivity index (χ1n) is 12.4. The van der Waals surface area contributed by atoms with E-state index >= 15 is 0 Å². The van der Waals surface area contributed by atoms with Crippen molar-refractivity contribution >= 4 is 22.2 Å². The van der Waals surface area contributed by atoms with Gasteiger partial charge in [-0.1, -0.05) is 18.2 Å². The largest absolute Gasteiger partial charge is 0.381 e. The molecule has 0 aliphatic carbocycles. The molecule has 0 saturated carbocycles. The van der Waals surface area contributed by atoms with Gasteiger partial charge >= 0.3 is 5.69 Å². The molecular formula is C28H30N6O2. The predicted octanol–water partition coefficient (Wildman–Crippen LogP) is 4.22. The summed E-state index contributed by atoms with van der Waals surface area (Å²) in [6.07, 6.45) is 7.66. The zero-order chi connectivity index (χ0) is 24.6. The van der Waals surface area contributed by atoms with Gasteiger partial charge in [0.05, 0.1) is 11.2 Å². The molecular weight excluding hydrogens is 452 g/mol. The van der Waals surface area contributed by atoms with Gasteiger partial charge in [-0.15, -0.1) is 0 Å². The average molecular weight is 483 g/mol. The summed E-state index contributed by atoms with van der Waals surface area (Å²) in [5.41, 5.74) is 6.28. The van der Waals surface area contributed by atoms with Gasteiger partial charge in [-0.2, -0.15) is 0 Å². The summed E-state index contributed by atoms with van der Waals surface area (Å²) in [5, 5.41) is 1.10. The van der Waals surface area contributed by atoms with Gasteiger partial charge in [-0.25, -0.2) is 19.3 Å². The molecule has 5 heterocycles. The van der Waals surface area contributed by atoms with E-state index in [-0.39, 0.29) is 5.69 Å². The van der Waals surface area contributed by atoms with Crippen LogP contribution in [0.25, 0.3) is 39.0 Å². The van der Waals surface area contributed by atoms with Crippen molar-refractivity contribution in [1.82, 2.24) is 29.0 Å². The van der Waals surface area contributed by atoms with Crippen molar-refractivity contribution < 1.29 is 4.74 Å². The molecule has 1 aliphatic heterocycles. The minimum absolute atomic E-state index is 0.0557. The molecule has 0 unspecified atom stereocenters. The monoisotopic (exact) mass is 482 g/mol. The Labute approximate surface area is 209 Å². The van der Waals surface area contributed by atoms with E-state index < -0.39 is 0 Å². The number of rotatable bonds is 6. The van der Waals surface area contributed by atoms with Gasteiger partial charge in [0.1, 0.15) is 5.65 Å². The molecule has 1 fully saturated rings. The molecule has 8 nitrogen and oxygen atoms in total. The number of pyridine rings is 2. The van der Waals surface area contributed by atoms with Crippen LogP contribution in [0.5, 0.6) is 0 Å². The Bertz CT molecular complexity index is 1570. The summed E-state index contributed by atoms with van der Waals surface area (Å²) in [4.78, 5) is 28.6. The molecule has 36 heavy (non-hydrogen) atoms. The van der Waals surface area contributed by atoms with Crippen LogP contribution >= 0.6 is 0 Å². The van der Waals surface area contributed by atoms with Gasteiger partial charge in [0.15, 0.2) is 5.65 Å². The van der Waals surface area contributed by atoms with Crippen LogP contribution in [-0.2, 0) is 17.8 Å². The predicted molar refractivity (Wildman–Crippen MR) is 141 cm³/mol. The number of fused-ring (bicyclic) bond motifs is 2. The second-order valence-corrected chi connectivity index (χ2v) is 9.86. The summed E-state index contributed by atoms with van der Waals surface area (Å²) >= 11 is 0. The summed E-state index contributed by atoms with van der Waals surface area (Å²) in [7, 11) is 4.12. The van der Waals surface area contributed by atoms with E-state index in [0.29, 0.717) is 18.1 Å². The lowest BCUT2D eigenvalue weighted by Gasteiger charge is -2.22. The van der Waals surface area contributed by atoms with Crippen LogP contribution < -0.4 is 5.69 Å². The summed E-state index contributed by atoms with van der Waals surface area (Å²) in [5.74, 6) is 0.404. The van der Waals surface area contributed by atoms with Crippen LogP contribution in [0.4, 0.5) is 0 Å². The van der Waals surface area contributed by atoms with Crippen LogP contribution in [0, 0.1) is 5.92 Å². The third-order valence-corrected chi connectivity index (χ3v) is 7.00. The van der Waals surface area contributed by atoms with E-state index in [4.69, 9.17) is 9.72 Å². The van der Waals surface area contributed by atoms with Crippen LogP contribution in [0.3, 0.4) is 0 Å². The van der Waals surface area contributed by atoms with E-state index in [1.165, 1.54) is 5.56 Å². The van der Waals surface area contributed by atoms with Gasteiger partial charge in [0.25, 0.3) is 0 Å². The molecule has 0 radical (unpaired) electrons. The molecule has 8 heteroatoms. The van der Waals surface area contributed by atoms with Gasteiger partial charge in [0.2, 0.25) is 0 Å². The number of para-hydroxylation sites is 1. The minimum Gasteiger partial charge on any atom is -0.381 e. The fourth-order valence-corrected chi connectivity index (χ4v) is 5.15. The van der Waals surface area contributed by atoms with Crippen LogP contribution in [0.2, 0.25) is 0 Å². The van der Waals surface area contributed by atoms with Crippen molar-refractivity contribution in [2.75, 3.05) is 27.3 Å². The van der Waals surface area contributed by atoms with Gasteiger partial charge in [-0.3, -0.25) is 4.57 Å². The Balaban J connectivity index is 1.49. The quantitative estimate of drug-likeness (QED) is 0.392. The number of nitrogens with zero attached hydrogens (tertiary/aromatic N) is 5. The first-order valence-corrected chi connectivity index (χ1v) is 12.4. The zero-order valence-electron chi connectivity index (χ0n) is 20.6. The average Bonchev–Trinajstić information content (AvgIpc) is 3.42. The molecule has 1 aliphatic rings. The number of imidazole rings is 1. The molecule has 5 aromatic rings. The normalized spacial score (nSPS) is 14.9. The number of ether oxygens (including phenoxy) is 1. The maximum absolute atomic E-state index is 13.7. The van der Waals surface area contributed by atoms with E-state index in [2.05, 4.69) is 41.1 Å². The molecule has 6 rings (SSSR count). The number of H-pyrrole nitrogens is 1. The minimum atomic E-state index is -0.0557. The third kappa shape index (κ3) is 4.12. The number of aromatic amines is 1. The van der Waals surface area contributed by atoms with E-state index in [1.54, 1.807) is 4.57 Å². The molecule has 0 atom stereocenters. The van der Waals surface area contributed by atoms with Crippen molar-refractivity contribution in [3.05, 3.63) is 77.1 Å². The van der Waals surface area contributed by atoms with Gasteiger partial charge in [-0.05, 0) is 62.7 Å². The number of aromatic nitrogens is 5. The fourth-order valence-electron chi connectivity index (χ4n) is 5.15. The number of benzene rings is 1. The fraction of sp³-hybridized carbons (Fsp3) is 0.321. The molecule has 184 valence electrons. The van der Waals surface area contributed by atoms with Gasteiger partial charge < -0.3 is 14.6 Å². The second-order valence-electron chi connectivity index (χ2n) is 9.86. The lowest BCUT2D eigenvalue weighted by atomic mass is 10.0. The van der Waals surface area contributed by atoms with Crippen molar-refractivity contribution in [3.63, 3.8) is 0 Å². The summed E-state index contributed by atoms with van der Waals surface area (Å²) in [6, 6.07) is 14.0. The standard InChI is InChI=1S/C28H30N6O2/c1-32(2)18-22-16-30-26-24(22)12-20(14-29-26)21-13-25-27(31-15-21)34(23-6-4-3-5-7-23)28(35)33(25)17-19-8-10-36-11-9-19/h3-7,12-16,19H,8-11,17-18H2,1-2H3,(H,29,30). The number of hydrogen-bond acceptors (Lipinski definition) is 5. The highest BCUT2D eigenvalue weighted by atomic mass is 16.5. The lowest BCUT2D eigenvalue weighted by molar-refractivity contribution is 0.0613. The van der Waals surface area contributed by atoms with Crippen molar-refractivity contribution in [3.8, 4) is 16.8 Å². The van der Waals surface area contributed by atoms with E-state index in [0.717, 1.165) is 66.0 Å². The maximum Gasteiger partial charge on any atom is 0.334 e. The first kappa shape index (κ1) is 22.7. The Morgan fingerprint density at radius 3 is 2.58 bits per heavy atom. The Morgan fingerprint density at radius 2 is 1.81 bits per heavy atom. The highest BCUT2D eigenvalue weighted by molar-refractivity contribution is 5.86. The maximum atomic E-state index is 13.7. The first-order chi connectivity index (χ1) is 17.6. The van der Waals surface area contributed by atoms with Crippen molar-refractivity contribution in [2.24, 2.45) is 5.92 Å². The zero-order valence-corrected chi connectivity index (χ0v) is 20.6. The summed E-state index contributed by atoms with van der Waals surface area (Å²) < 4.78 is 9.17. The summed E-state index contributed by atoms with van der Waals surface area (Å²) in [6.45, 7) is 2.98. The third-order valence-electron chi connectivity index (χ3n) is 7.00. The number of hydrogen-bond donors (Lipinski definition) is 1. The smallest absolute Gasteiger partial charge is 0.334 e. The van der Waals surface area contributed by atoms with Crippen molar-refractivity contribution in [1.29, 1.82) is 0 Å². The topological polar surface area (TPSA) is 81.0 Å². The molecule has 0 amide bonds. The molecule has 1 aromatic carbocycles. The Morgan fingerprint density at radius 1 is 1.06 bits per heavy atom. The molecule has 0 spiro atoms. The highest BCUT2D eigenvalue weighted by Gasteiger charge is 2.21. The molecule has 0 bridgehead atoms. The van der Waals surface area contributed by atoms with Crippen LogP contribution in [0.1, 0.15) is 18.4 Å². The Kier molecular flexibility index (Phi) is 5.91. The Hall–Kier alpha value is -3.75.